The highest BCUT2D eigenvalue weighted by Crippen LogP contribution is 2.44. The van der Waals surface area contributed by atoms with E-state index in [0.717, 1.165) is 11.0 Å². The summed E-state index contributed by atoms with van der Waals surface area (Å²) < 4.78 is 7.87. The fraction of sp³-hybridized carbons (Fsp3) is 0.474. The lowest BCUT2D eigenvalue weighted by molar-refractivity contribution is 0.0349. The Hall–Kier alpha value is -2.14. The first kappa shape index (κ1) is 16.7. The molecule has 0 saturated carbocycles. The Morgan fingerprint density at radius 3 is 2.96 bits per heavy atom. The Labute approximate surface area is 141 Å². The van der Waals surface area contributed by atoms with Crippen molar-refractivity contribution in [2.75, 3.05) is 6.61 Å². The molecule has 2 aromatic heterocycles. The fourth-order valence-electron chi connectivity index (χ4n) is 3.59. The third-order valence-electron chi connectivity index (χ3n) is 4.67. The zero-order chi connectivity index (χ0) is 17.5. The van der Waals surface area contributed by atoms with E-state index in [1.165, 1.54) is 0 Å². The molecule has 0 aliphatic carbocycles. The predicted molar refractivity (Wildman–Crippen MR) is 94.5 cm³/mol. The van der Waals surface area contributed by atoms with E-state index in [4.69, 9.17) is 4.74 Å². The molecule has 24 heavy (non-hydrogen) atoms. The van der Waals surface area contributed by atoms with E-state index in [9.17, 15) is 9.90 Å². The number of aliphatic hydroxyl groups is 1. The van der Waals surface area contributed by atoms with Gasteiger partial charge in [0.05, 0.1) is 10.9 Å². The van der Waals surface area contributed by atoms with Crippen molar-refractivity contribution < 1.29 is 9.84 Å². The van der Waals surface area contributed by atoms with Gasteiger partial charge in [-0.2, -0.15) is 0 Å². The van der Waals surface area contributed by atoms with Gasteiger partial charge in [0.1, 0.15) is 17.0 Å². The number of fused-ring (bicyclic) bond motifs is 3. The summed E-state index contributed by atoms with van der Waals surface area (Å²) in [6.45, 7) is 6.11. The molecule has 0 bridgehead atoms. The average molecular weight is 328 g/mol. The fourth-order valence-corrected chi connectivity index (χ4v) is 3.59. The van der Waals surface area contributed by atoms with Crippen molar-refractivity contribution in [3.63, 3.8) is 0 Å². The second-order valence-corrected chi connectivity index (χ2v) is 7.06. The third kappa shape index (κ3) is 2.73. The Morgan fingerprint density at radius 1 is 1.54 bits per heavy atom. The van der Waals surface area contributed by atoms with Gasteiger partial charge in [0.25, 0.3) is 5.56 Å². The first-order chi connectivity index (χ1) is 11.4. The maximum atomic E-state index is 13.0. The molecule has 2 aromatic rings. The Balaban J connectivity index is 2.34. The summed E-state index contributed by atoms with van der Waals surface area (Å²) in [5, 5.41) is 10.3. The lowest BCUT2D eigenvalue weighted by atomic mass is 9.81. The van der Waals surface area contributed by atoms with E-state index in [1.54, 1.807) is 17.8 Å². The topological polar surface area (TPSA) is 64.3 Å². The Morgan fingerprint density at radius 2 is 2.29 bits per heavy atom. The van der Waals surface area contributed by atoms with E-state index in [0.29, 0.717) is 29.8 Å². The number of ether oxygens (including phenoxy) is 1. The smallest absolute Gasteiger partial charge is 0.259 e. The molecule has 5 nitrogen and oxygen atoms in total. The van der Waals surface area contributed by atoms with Crippen LogP contribution in [-0.2, 0) is 7.05 Å². The maximum absolute atomic E-state index is 13.0. The van der Waals surface area contributed by atoms with Crippen LogP contribution in [0.15, 0.2) is 34.8 Å². The second-order valence-electron chi connectivity index (χ2n) is 7.06. The molecule has 0 spiro atoms. The minimum atomic E-state index is -0.506. The molecular weight excluding hydrogens is 304 g/mol. The van der Waals surface area contributed by atoms with Crippen molar-refractivity contribution in [2.45, 2.75) is 45.1 Å². The second kappa shape index (κ2) is 6.06. The summed E-state index contributed by atoms with van der Waals surface area (Å²) in [6, 6.07) is 3.79. The van der Waals surface area contributed by atoms with Gasteiger partial charge in [-0.25, -0.2) is 4.98 Å². The lowest BCUT2D eigenvalue weighted by Crippen LogP contribution is -2.41. The van der Waals surface area contributed by atoms with Crippen LogP contribution in [0.25, 0.3) is 11.0 Å². The van der Waals surface area contributed by atoms with E-state index >= 15 is 0 Å². The largest absolute Gasteiger partial charge is 0.486 e. The van der Waals surface area contributed by atoms with Crippen molar-refractivity contribution in [2.24, 2.45) is 7.05 Å². The summed E-state index contributed by atoms with van der Waals surface area (Å²) in [7, 11) is 1.75. The number of pyridine rings is 2. The molecule has 3 rings (SSSR count). The standard InChI is InChI=1S/C19H24N2O3/c1-12(2)10-13-11-19(3,7-9-22)24-16-14-6-5-8-20-17(14)21(4)18(23)15(13)16/h5-6,8,10,13,22H,7,9,11H2,1-4H3/t13-,19+/m1/s1. The van der Waals surface area contributed by atoms with Crippen LogP contribution in [0.5, 0.6) is 5.75 Å². The summed E-state index contributed by atoms with van der Waals surface area (Å²) in [6.07, 6.45) is 5.00. The molecule has 0 unspecified atom stereocenters. The van der Waals surface area contributed by atoms with Crippen LogP contribution in [0.1, 0.15) is 45.1 Å². The maximum Gasteiger partial charge on any atom is 0.259 e. The number of aromatic nitrogens is 2. The average Bonchev–Trinajstić information content (AvgIpc) is 2.51. The number of nitrogens with zero attached hydrogens (tertiary/aromatic N) is 2. The number of aryl methyl sites for hydroxylation is 1. The molecule has 0 amide bonds. The minimum Gasteiger partial charge on any atom is -0.486 e. The van der Waals surface area contributed by atoms with Crippen molar-refractivity contribution >= 4 is 11.0 Å². The van der Waals surface area contributed by atoms with Gasteiger partial charge in [-0.05, 0) is 39.3 Å². The molecule has 1 aliphatic heterocycles. The van der Waals surface area contributed by atoms with Gasteiger partial charge in [-0.1, -0.05) is 11.6 Å². The highest BCUT2D eigenvalue weighted by Gasteiger charge is 2.39. The quantitative estimate of drug-likeness (QED) is 0.880. The highest BCUT2D eigenvalue weighted by atomic mass is 16.5. The minimum absolute atomic E-state index is 0.0291. The van der Waals surface area contributed by atoms with Crippen molar-refractivity contribution in [3.05, 3.63) is 45.9 Å². The zero-order valence-corrected chi connectivity index (χ0v) is 14.7. The zero-order valence-electron chi connectivity index (χ0n) is 14.7. The van der Waals surface area contributed by atoms with Crippen LogP contribution in [0.2, 0.25) is 0 Å². The number of hydrogen-bond acceptors (Lipinski definition) is 4. The molecule has 1 N–H and O–H groups in total. The Kier molecular flexibility index (Phi) is 4.22. The molecule has 128 valence electrons. The summed E-state index contributed by atoms with van der Waals surface area (Å²) in [4.78, 5) is 17.3. The molecule has 0 radical (unpaired) electrons. The van der Waals surface area contributed by atoms with E-state index in [1.807, 2.05) is 32.9 Å². The van der Waals surface area contributed by atoms with Crippen molar-refractivity contribution in [1.82, 2.24) is 9.55 Å². The SMILES string of the molecule is CC(C)=C[C@@H]1C[C@](C)(CCO)Oc2c1c(=O)n(C)c1ncccc21. The Bertz CT molecular complexity index is 865. The summed E-state index contributed by atoms with van der Waals surface area (Å²) in [5.41, 5.74) is 1.89. The van der Waals surface area contributed by atoms with E-state index < -0.39 is 5.60 Å². The van der Waals surface area contributed by atoms with Gasteiger partial charge >= 0.3 is 0 Å². The van der Waals surface area contributed by atoms with E-state index in [2.05, 4.69) is 11.1 Å². The van der Waals surface area contributed by atoms with Crippen LogP contribution in [-0.4, -0.2) is 26.9 Å². The number of rotatable bonds is 3. The number of aliphatic hydroxyl groups excluding tert-OH is 1. The van der Waals surface area contributed by atoms with Crippen LogP contribution >= 0.6 is 0 Å². The van der Waals surface area contributed by atoms with Crippen LogP contribution in [0, 0.1) is 0 Å². The van der Waals surface area contributed by atoms with Gasteiger partial charge in [-0.3, -0.25) is 9.36 Å². The van der Waals surface area contributed by atoms with Crippen molar-refractivity contribution in [3.8, 4) is 5.75 Å². The predicted octanol–water partition coefficient (Wildman–Crippen LogP) is 2.91. The van der Waals surface area contributed by atoms with Gasteiger partial charge < -0.3 is 9.84 Å². The van der Waals surface area contributed by atoms with Gasteiger partial charge in [-0.15, -0.1) is 0 Å². The molecule has 0 saturated heterocycles. The molecular formula is C19H24N2O3. The lowest BCUT2D eigenvalue weighted by Gasteiger charge is -2.39. The van der Waals surface area contributed by atoms with Gasteiger partial charge in [0, 0.05) is 32.2 Å². The number of hydrogen-bond donors (Lipinski definition) is 1. The molecule has 3 heterocycles. The highest BCUT2D eigenvalue weighted by molar-refractivity contribution is 5.84. The van der Waals surface area contributed by atoms with Crippen LogP contribution < -0.4 is 10.3 Å². The molecule has 0 aromatic carbocycles. The first-order valence-corrected chi connectivity index (χ1v) is 8.29. The molecule has 0 fully saturated rings. The van der Waals surface area contributed by atoms with Crippen LogP contribution in [0.3, 0.4) is 0 Å². The van der Waals surface area contributed by atoms with Gasteiger partial charge in [0.2, 0.25) is 0 Å². The monoisotopic (exact) mass is 328 g/mol. The molecule has 1 aliphatic rings. The summed E-state index contributed by atoms with van der Waals surface area (Å²) >= 11 is 0. The van der Waals surface area contributed by atoms with Gasteiger partial charge in [0.15, 0.2) is 0 Å². The third-order valence-corrected chi connectivity index (χ3v) is 4.67. The summed E-state index contributed by atoms with van der Waals surface area (Å²) in [5.74, 6) is 0.588. The molecule has 5 heteroatoms. The van der Waals surface area contributed by atoms with E-state index in [-0.39, 0.29) is 18.1 Å². The van der Waals surface area contributed by atoms with Crippen LogP contribution in [0.4, 0.5) is 0 Å². The molecule has 2 atom stereocenters. The normalized spacial score (nSPS) is 22.8. The van der Waals surface area contributed by atoms with Crippen molar-refractivity contribution in [1.29, 1.82) is 0 Å². The number of allylic oxidation sites excluding steroid dienone is 2. The first-order valence-electron chi connectivity index (χ1n) is 8.29.